The molecule has 180 valence electrons. The van der Waals surface area contributed by atoms with Gasteiger partial charge in [0.2, 0.25) is 5.91 Å². The summed E-state index contributed by atoms with van der Waals surface area (Å²) in [4.78, 5) is 26.2. The van der Waals surface area contributed by atoms with E-state index >= 15 is 0 Å². The molecule has 9 heteroatoms. The number of nitrogens with zero attached hydrogens (tertiary/aromatic N) is 6. The van der Waals surface area contributed by atoms with Crippen LogP contribution in [0.4, 0.5) is 0 Å². The molecule has 1 atom stereocenters. The van der Waals surface area contributed by atoms with Crippen LogP contribution in [0, 0.1) is 6.92 Å². The number of amides is 1. The van der Waals surface area contributed by atoms with Crippen molar-refractivity contribution in [3.8, 4) is 5.69 Å². The van der Waals surface area contributed by atoms with Gasteiger partial charge in [-0.05, 0) is 31.2 Å². The number of aryl methyl sites for hydroxylation is 1. The van der Waals surface area contributed by atoms with Crippen molar-refractivity contribution in [1.29, 1.82) is 0 Å². The summed E-state index contributed by atoms with van der Waals surface area (Å²) in [6, 6.07) is 15.8. The Labute approximate surface area is 208 Å². The van der Waals surface area contributed by atoms with E-state index in [1.54, 1.807) is 17.5 Å². The van der Waals surface area contributed by atoms with Crippen LogP contribution in [0.15, 0.2) is 72.5 Å². The van der Waals surface area contributed by atoms with E-state index in [2.05, 4.69) is 20.0 Å². The number of pyridine rings is 1. The maximum absolute atomic E-state index is 13.2. The predicted octanol–water partition coefficient (Wildman–Crippen LogP) is 3.46. The molecule has 1 aromatic carbocycles. The van der Waals surface area contributed by atoms with E-state index in [1.165, 1.54) is 0 Å². The van der Waals surface area contributed by atoms with Crippen LogP contribution in [0.3, 0.4) is 0 Å². The van der Waals surface area contributed by atoms with Crippen LogP contribution >= 0.6 is 11.3 Å². The summed E-state index contributed by atoms with van der Waals surface area (Å²) in [7, 11) is 0. The third kappa shape index (κ3) is 6.19. The van der Waals surface area contributed by atoms with Crippen LogP contribution in [0.25, 0.3) is 5.69 Å². The van der Waals surface area contributed by atoms with Crippen molar-refractivity contribution in [1.82, 2.24) is 29.5 Å². The van der Waals surface area contributed by atoms with Gasteiger partial charge in [0.1, 0.15) is 0 Å². The first-order valence-electron chi connectivity index (χ1n) is 11.6. The lowest BCUT2D eigenvalue weighted by Gasteiger charge is -2.24. The standard InChI is InChI=1S/C26H28N6O2S/c1-20-29-23(19-35-20)14-31-16-25(34-18-22-7-5-6-10-27-22)15-30(17-26(31)33)12-21-11-28-32(13-21)24-8-3-2-4-9-24/h2-11,13,19,25H,12,14-18H2,1H3. The fourth-order valence-electron chi connectivity index (χ4n) is 4.21. The van der Waals surface area contributed by atoms with Gasteiger partial charge >= 0.3 is 0 Å². The summed E-state index contributed by atoms with van der Waals surface area (Å²) in [6.45, 7) is 4.97. The molecule has 0 saturated carbocycles. The molecule has 1 amide bonds. The summed E-state index contributed by atoms with van der Waals surface area (Å²) in [6.07, 6.45) is 5.50. The molecule has 35 heavy (non-hydrogen) atoms. The lowest BCUT2D eigenvalue weighted by molar-refractivity contribution is -0.132. The summed E-state index contributed by atoms with van der Waals surface area (Å²) in [5, 5.41) is 7.53. The Hall–Kier alpha value is -3.40. The van der Waals surface area contributed by atoms with Crippen LogP contribution in [-0.2, 0) is 29.2 Å². The second-order valence-corrected chi connectivity index (χ2v) is 9.75. The smallest absolute Gasteiger partial charge is 0.237 e. The zero-order chi connectivity index (χ0) is 24.0. The summed E-state index contributed by atoms with van der Waals surface area (Å²) >= 11 is 1.60. The topological polar surface area (TPSA) is 76.4 Å². The molecule has 0 aliphatic carbocycles. The molecule has 8 nitrogen and oxygen atoms in total. The van der Waals surface area contributed by atoms with Gasteiger partial charge in [0.15, 0.2) is 0 Å². The van der Waals surface area contributed by atoms with Gasteiger partial charge in [-0.2, -0.15) is 5.10 Å². The Kier molecular flexibility index (Phi) is 7.27. The molecule has 0 spiro atoms. The van der Waals surface area contributed by atoms with E-state index < -0.39 is 0 Å². The largest absolute Gasteiger partial charge is 0.369 e. The van der Waals surface area contributed by atoms with Gasteiger partial charge in [0.25, 0.3) is 0 Å². The minimum Gasteiger partial charge on any atom is -0.369 e. The maximum Gasteiger partial charge on any atom is 0.237 e. The number of para-hydroxylation sites is 1. The lowest BCUT2D eigenvalue weighted by atomic mass is 10.2. The van der Waals surface area contributed by atoms with Crippen molar-refractivity contribution in [2.24, 2.45) is 0 Å². The van der Waals surface area contributed by atoms with Gasteiger partial charge in [0.05, 0.1) is 54.1 Å². The molecule has 1 aliphatic rings. The number of thiazole rings is 1. The quantitative estimate of drug-likeness (QED) is 0.378. The minimum absolute atomic E-state index is 0.0787. The molecular formula is C26H28N6O2S. The zero-order valence-electron chi connectivity index (χ0n) is 19.7. The van der Waals surface area contributed by atoms with Crippen molar-refractivity contribution >= 4 is 17.2 Å². The fraction of sp³-hybridized carbons (Fsp3) is 0.308. The molecule has 0 bridgehead atoms. The van der Waals surface area contributed by atoms with Gasteiger partial charge in [-0.3, -0.25) is 14.7 Å². The third-order valence-corrected chi connectivity index (χ3v) is 6.70. The van der Waals surface area contributed by atoms with Crippen molar-refractivity contribution < 1.29 is 9.53 Å². The van der Waals surface area contributed by atoms with Crippen molar-refractivity contribution in [2.45, 2.75) is 32.7 Å². The Morgan fingerprint density at radius 3 is 2.69 bits per heavy atom. The van der Waals surface area contributed by atoms with E-state index in [-0.39, 0.29) is 12.0 Å². The molecule has 1 unspecified atom stereocenters. The third-order valence-electron chi connectivity index (χ3n) is 5.87. The fourth-order valence-corrected chi connectivity index (χ4v) is 4.82. The lowest BCUT2D eigenvalue weighted by Crippen LogP contribution is -2.37. The molecule has 3 aromatic heterocycles. The van der Waals surface area contributed by atoms with Crippen LogP contribution in [0.2, 0.25) is 0 Å². The molecule has 1 saturated heterocycles. The van der Waals surface area contributed by atoms with Crippen LogP contribution < -0.4 is 0 Å². The first-order chi connectivity index (χ1) is 17.1. The summed E-state index contributed by atoms with van der Waals surface area (Å²) in [5.41, 5.74) is 3.85. The summed E-state index contributed by atoms with van der Waals surface area (Å²) in [5.74, 6) is 0.0787. The van der Waals surface area contributed by atoms with Crippen LogP contribution in [0.5, 0.6) is 0 Å². The van der Waals surface area contributed by atoms with E-state index in [4.69, 9.17) is 4.74 Å². The van der Waals surface area contributed by atoms with E-state index in [0.717, 1.165) is 27.6 Å². The first kappa shape index (κ1) is 23.3. The number of hydrogen-bond acceptors (Lipinski definition) is 7. The van der Waals surface area contributed by atoms with Gasteiger partial charge in [-0.15, -0.1) is 11.3 Å². The Morgan fingerprint density at radius 2 is 1.91 bits per heavy atom. The van der Waals surface area contributed by atoms with Crippen molar-refractivity contribution in [3.63, 3.8) is 0 Å². The average molecular weight is 489 g/mol. The predicted molar refractivity (Wildman–Crippen MR) is 134 cm³/mol. The highest BCUT2D eigenvalue weighted by Crippen LogP contribution is 2.17. The molecule has 4 aromatic rings. The average Bonchev–Trinajstić information content (AvgIpc) is 3.48. The molecule has 4 heterocycles. The van der Waals surface area contributed by atoms with Crippen molar-refractivity contribution in [3.05, 3.63) is 94.5 Å². The summed E-state index contributed by atoms with van der Waals surface area (Å²) < 4.78 is 8.14. The number of carbonyl (C=O) groups excluding carboxylic acids is 1. The molecule has 0 N–H and O–H groups in total. The SMILES string of the molecule is Cc1nc(CN2CC(OCc3ccccn3)CN(Cc3cnn(-c4ccccc4)c3)CC2=O)cs1. The number of aromatic nitrogens is 4. The maximum atomic E-state index is 13.2. The Balaban J connectivity index is 1.30. The highest BCUT2D eigenvalue weighted by molar-refractivity contribution is 7.09. The number of benzene rings is 1. The Morgan fingerprint density at radius 1 is 1.06 bits per heavy atom. The van der Waals surface area contributed by atoms with Gasteiger partial charge < -0.3 is 9.64 Å². The molecule has 1 aliphatic heterocycles. The van der Waals surface area contributed by atoms with E-state index in [0.29, 0.717) is 39.3 Å². The second kappa shape index (κ2) is 10.9. The molecular weight excluding hydrogens is 460 g/mol. The van der Waals surface area contributed by atoms with Crippen LogP contribution in [-0.4, -0.2) is 61.2 Å². The number of ether oxygens (including phenoxy) is 1. The molecule has 5 rings (SSSR count). The normalized spacial score (nSPS) is 17.0. The first-order valence-corrected chi connectivity index (χ1v) is 12.5. The number of rotatable bonds is 8. The van der Waals surface area contributed by atoms with Gasteiger partial charge in [-0.25, -0.2) is 9.67 Å². The van der Waals surface area contributed by atoms with Crippen molar-refractivity contribution in [2.75, 3.05) is 19.6 Å². The van der Waals surface area contributed by atoms with Crippen LogP contribution in [0.1, 0.15) is 22.0 Å². The van der Waals surface area contributed by atoms with Gasteiger partial charge in [-0.1, -0.05) is 24.3 Å². The minimum atomic E-state index is -0.146. The van der Waals surface area contributed by atoms with Gasteiger partial charge in [0, 0.05) is 43.0 Å². The number of carbonyl (C=O) groups is 1. The number of hydrogen-bond donors (Lipinski definition) is 0. The zero-order valence-corrected chi connectivity index (χ0v) is 20.5. The molecule has 0 radical (unpaired) electrons. The van der Waals surface area contributed by atoms with E-state index in [9.17, 15) is 4.79 Å². The molecule has 1 fully saturated rings. The second-order valence-electron chi connectivity index (χ2n) is 8.68. The monoisotopic (exact) mass is 488 g/mol. The highest BCUT2D eigenvalue weighted by atomic mass is 32.1. The Bertz CT molecular complexity index is 1240. The highest BCUT2D eigenvalue weighted by Gasteiger charge is 2.29. The van der Waals surface area contributed by atoms with E-state index in [1.807, 2.05) is 82.8 Å².